The third kappa shape index (κ3) is 4.40. The minimum atomic E-state index is -4.25. The molecule has 2 unspecified atom stereocenters. The van der Waals surface area contributed by atoms with E-state index in [2.05, 4.69) is 5.32 Å². The molecule has 3 nitrogen and oxygen atoms in total. The minimum Gasteiger partial charge on any atom is -0.342 e. The quantitative estimate of drug-likeness (QED) is 0.856. The van der Waals surface area contributed by atoms with Gasteiger partial charge in [-0.1, -0.05) is 12.8 Å². The summed E-state index contributed by atoms with van der Waals surface area (Å²) in [5.74, 6) is -1.72. The van der Waals surface area contributed by atoms with Crippen molar-refractivity contribution in [3.63, 3.8) is 0 Å². The van der Waals surface area contributed by atoms with Crippen molar-refractivity contribution in [2.45, 2.75) is 63.6 Å². The van der Waals surface area contributed by atoms with Crippen LogP contribution in [0.3, 0.4) is 0 Å². The molecule has 1 amide bonds. The number of nitrogens with zero attached hydrogens (tertiary/aromatic N) is 1. The van der Waals surface area contributed by atoms with Gasteiger partial charge in [-0.25, -0.2) is 0 Å². The Balaban J connectivity index is 1.51. The number of halogens is 3. The Bertz CT molecular complexity index is 415. The van der Waals surface area contributed by atoms with Gasteiger partial charge in [0.25, 0.3) is 0 Å². The second-order valence-corrected chi connectivity index (χ2v) is 7.49. The van der Waals surface area contributed by atoms with Gasteiger partial charge in [0, 0.05) is 25.0 Å². The van der Waals surface area contributed by atoms with Crippen LogP contribution in [0.15, 0.2) is 0 Å². The fourth-order valence-corrected chi connectivity index (χ4v) is 4.01. The number of piperidine rings is 1. The number of carbonyl (C=O) groups excluding carboxylic acids is 1. The Kier molecular flexibility index (Phi) is 5.19. The number of likely N-dealkylation sites (tertiary alicyclic amines) is 1. The van der Waals surface area contributed by atoms with E-state index in [1.807, 2.05) is 0 Å². The molecule has 3 aliphatic rings. The number of nitrogens with one attached hydrogen (secondary N) is 1. The highest BCUT2D eigenvalue weighted by molar-refractivity contribution is 5.79. The summed E-state index contributed by atoms with van der Waals surface area (Å²) in [6.07, 6.45) is 1.93. The highest BCUT2D eigenvalue weighted by Gasteiger charge is 2.49. The molecule has 23 heavy (non-hydrogen) atoms. The maximum Gasteiger partial charge on any atom is 0.392 e. The monoisotopic (exact) mass is 332 g/mol. The normalized spacial score (nSPS) is 30.5. The molecule has 3 fully saturated rings. The van der Waals surface area contributed by atoms with Gasteiger partial charge in [0.05, 0.1) is 5.92 Å². The molecule has 1 aliphatic heterocycles. The van der Waals surface area contributed by atoms with Crippen LogP contribution in [0.2, 0.25) is 0 Å². The molecule has 0 aromatic heterocycles. The van der Waals surface area contributed by atoms with Gasteiger partial charge in [-0.3, -0.25) is 4.79 Å². The van der Waals surface area contributed by atoms with Crippen LogP contribution in [0.5, 0.6) is 0 Å². The largest absolute Gasteiger partial charge is 0.392 e. The SMILES string of the molecule is O=C(C1CCCCC1C(F)(F)F)N1CCC(NCC2CC2)CC1. The lowest BCUT2D eigenvalue weighted by molar-refractivity contribution is -0.201. The van der Waals surface area contributed by atoms with Crippen molar-refractivity contribution < 1.29 is 18.0 Å². The lowest BCUT2D eigenvalue weighted by Gasteiger charge is -2.38. The van der Waals surface area contributed by atoms with Crippen LogP contribution in [0, 0.1) is 17.8 Å². The first-order valence-electron chi connectivity index (χ1n) is 9.04. The van der Waals surface area contributed by atoms with Crippen molar-refractivity contribution in [2.75, 3.05) is 19.6 Å². The molecule has 6 heteroatoms. The summed E-state index contributed by atoms with van der Waals surface area (Å²) in [6.45, 7) is 2.25. The highest BCUT2D eigenvalue weighted by atomic mass is 19.4. The van der Waals surface area contributed by atoms with Gasteiger partial charge in [-0.15, -0.1) is 0 Å². The molecular formula is C17H27F3N2O. The molecule has 0 radical (unpaired) electrons. The number of hydrogen-bond acceptors (Lipinski definition) is 2. The van der Waals surface area contributed by atoms with E-state index in [0.717, 1.165) is 31.7 Å². The molecule has 0 bridgehead atoms. The molecule has 2 atom stereocenters. The first-order chi connectivity index (χ1) is 10.9. The van der Waals surface area contributed by atoms with E-state index in [0.29, 0.717) is 32.0 Å². The van der Waals surface area contributed by atoms with E-state index in [1.54, 1.807) is 4.90 Å². The van der Waals surface area contributed by atoms with Gasteiger partial charge >= 0.3 is 6.18 Å². The van der Waals surface area contributed by atoms with Gasteiger partial charge in [0.15, 0.2) is 0 Å². The number of rotatable bonds is 4. The van der Waals surface area contributed by atoms with Gasteiger partial charge in [-0.05, 0) is 51.0 Å². The molecule has 132 valence electrons. The summed E-state index contributed by atoms with van der Waals surface area (Å²) < 4.78 is 39.5. The summed E-state index contributed by atoms with van der Waals surface area (Å²) in [7, 11) is 0. The van der Waals surface area contributed by atoms with Crippen LogP contribution in [0.4, 0.5) is 13.2 Å². The Morgan fingerprint density at radius 2 is 1.65 bits per heavy atom. The standard InChI is InChI=1S/C17H27F3N2O/c18-17(19,20)15-4-2-1-3-14(15)16(23)22-9-7-13(8-10-22)21-11-12-5-6-12/h12-15,21H,1-11H2. The van der Waals surface area contributed by atoms with Crippen LogP contribution < -0.4 is 5.32 Å². The van der Waals surface area contributed by atoms with Gasteiger partial charge in [-0.2, -0.15) is 13.2 Å². The van der Waals surface area contributed by atoms with Crippen LogP contribution in [0.25, 0.3) is 0 Å². The van der Waals surface area contributed by atoms with Crippen molar-refractivity contribution >= 4 is 5.91 Å². The van der Waals surface area contributed by atoms with Crippen LogP contribution in [-0.2, 0) is 4.79 Å². The van der Waals surface area contributed by atoms with Crippen LogP contribution in [0.1, 0.15) is 51.4 Å². The Labute approximate surface area is 136 Å². The summed E-state index contributed by atoms with van der Waals surface area (Å²) >= 11 is 0. The molecule has 0 spiro atoms. The first kappa shape index (κ1) is 17.1. The van der Waals surface area contributed by atoms with Crippen molar-refractivity contribution in [3.8, 4) is 0 Å². The first-order valence-corrected chi connectivity index (χ1v) is 9.04. The molecule has 1 heterocycles. The second-order valence-electron chi connectivity index (χ2n) is 7.49. The molecular weight excluding hydrogens is 305 g/mol. The number of hydrogen-bond donors (Lipinski definition) is 1. The van der Waals surface area contributed by atoms with E-state index in [4.69, 9.17) is 0 Å². The topological polar surface area (TPSA) is 32.3 Å². The molecule has 2 aliphatic carbocycles. The third-order valence-electron chi connectivity index (χ3n) is 5.70. The fourth-order valence-electron chi connectivity index (χ4n) is 4.01. The predicted molar refractivity (Wildman–Crippen MR) is 81.8 cm³/mol. The molecule has 1 N–H and O–H groups in total. The summed E-state index contributed by atoms with van der Waals surface area (Å²) in [5.41, 5.74) is 0. The predicted octanol–water partition coefficient (Wildman–Crippen LogP) is 3.35. The van der Waals surface area contributed by atoms with E-state index < -0.39 is 18.0 Å². The van der Waals surface area contributed by atoms with Gasteiger partial charge in [0.2, 0.25) is 5.91 Å². The van der Waals surface area contributed by atoms with E-state index in [1.165, 1.54) is 12.8 Å². The molecule has 0 aromatic carbocycles. The lowest BCUT2D eigenvalue weighted by Crippen LogP contribution is -2.50. The van der Waals surface area contributed by atoms with Crippen molar-refractivity contribution in [1.82, 2.24) is 10.2 Å². The maximum absolute atomic E-state index is 13.2. The average Bonchev–Trinajstić information content (AvgIpc) is 3.36. The highest BCUT2D eigenvalue weighted by Crippen LogP contribution is 2.42. The zero-order valence-electron chi connectivity index (χ0n) is 13.6. The van der Waals surface area contributed by atoms with Crippen LogP contribution >= 0.6 is 0 Å². The van der Waals surface area contributed by atoms with Crippen LogP contribution in [-0.4, -0.2) is 42.7 Å². The van der Waals surface area contributed by atoms with Gasteiger partial charge in [0.1, 0.15) is 0 Å². The molecule has 0 aromatic rings. The summed E-state index contributed by atoms with van der Waals surface area (Å²) in [4.78, 5) is 14.3. The smallest absolute Gasteiger partial charge is 0.342 e. The van der Waals surface area contributed by atoms with Crippen molar-refractivity contribution in [3.05, 3.63) is 0 Å². The van der Waals surface area contributed by atoms with E-state index >= 15 is 0 Å². The minimum absolute atomic E-state index is 0.110. The zero-order chi connectivity index (χ0) is 16.4. The summed E-state index contributed by atoms with van der Waals surface area (Å²) in [6, 6.07) is 0.421. The molecule has 1 saturated heterocycles. The maximum atomic E-state index is 13.2. The van der Waals surface area contributed by atoms with Crippen molar-refractivity contribution in [1.29, 1.82) is 0 Å². The van der Waals surface area contributed by atoms with E-state index in [9.17, 15) is 18.0 Å². The molecule has 3 rings (SSSR count). The lowest BCUT2D eigenvalue weighted by atomic mass is 9.77. The van der Waals surface area contributed by atoms with E-state index in [-0.39, 0.29) is 12.3 Å². The van der Waals surface area contributed by atoms with Crippen molar-refractivity contribution in [2.24, 2.45) is 17.8 Å². The van der Waals surface area contributed by atoms with Gasteiger partial charge < -0.3 is 10.2 Å². The average molecular weight is 332 g/mol. The Morgan fingerprint density at radius 3 is 2.26 bits per heavy atom. The molecule has 2 saturated carbocycles. The second kappa shape index (κ2) is 6.99. The summed E-state index contributed by atoms with van der Waals surface area (Å²) in [5, 5.41) is 3.54. The fraction of sp³-hybridized carbons (Fsp3) is 0.941. The third-order valence-corrected chi connectivity index (χ3v) is 5.70. The zero-order valence-corrected chi connectivity index (χ0v) is 13.6. The number of alkyl halides is 3. The number of carbonyl (C=O) groups is 1. The Hall–Kier alpha value is -0.780. The Morgan fingerprint density at radius 1 is 1.00 bits per heavy atom. The number of amides is 1.